The van der Waals surface area contributed by atoms with Gasteiger partial charge < -0.3 is 14.6 Å². The van der Waals surface area contributed by atoms with Crippen LogP contribution in [0.4, 0.5) is 0 Å². The molecule has 1 rings (SSSR count). The largest absolute Gasteiger partial charge is 0.390 e. The second-order valence-corrected chi connectivity index (χ2v) is 5.25. The molecule has 0 radical (unpaired) electrons. The number of aryl methyl sites for hydroxylation is 1. The molecule has 0 saturated carbocycles. The van der Waals surface area contributed by atoms with Gasteiger partial charge in [0.15, 0.2) is 5.16 Å². The quantitative estimate of drug-likeness (QED) is 0.467. The zero-order valence-corrected chi connectivity index (χ0v) is 12.5. The van der Waals surface area contributed by atoms with E-state index in [9.17, 15) is 14.7 Å². The van der Waals surface area contributed by atoms with Crippen LogP contribution >= 0.6 is 11.8 Å². The molecule has 9 heteroatoms. The van der Waals surface area contributed by atoms with Gasteiger partial charge in [0.2, 0.25) is 0 Å². The number of aliphatic hydroxyl groups is 1. The summed E-state index contributed by atoms with van der Waals surface area (Å²) in [5.41, 5.74) is -1.61. The van der Waals surface area contributed by atoms with Gasteiger partial charge in [0.1, 0.15) is 0 Å². The Labute approximate surface area is 120 Å². The van der Waals surface area contributed by atoms with Crippen LogP contribution in [0.1, 0.15) is 6.92 Å². The fourth-order valence-corrected chi connectivity index (χ4v) is 2.19. The van der Waals surface area contributed by atoms with Crippen LogP contribution in [0.15, 0.2) is 14.7 Å². The third-order valence-electron chi connectivity index (χ3n) is 2.33. The predicted octanol–water partition coefficient (Wildman–Crippen LogP) is -1.03. The number of nitrogens with one attached hydrogen (secondary N) is 1. The molecule has 1 aromatic rings. The van der Waals surface area contributed by atoms with Gasteiger partial charge in [0.05, 0.1) is 25.4 Å². The lowest BCUT2D eigenvalue weighted by molar-refractivity contribution is -0.0257. The molecule has 0 aliphatic rings. The molecule has 0 saturated heterocycles. The topological polar surface area (TPSA) is 106 Å². The minimum Gasteiger partial charge on any atom is -0.390 e. The van der Waals surface area contributed by atoms with E-state index < -0.39 is 17.2 Å². The average molecular weight is 305 g/mol. The van der Waals surface area contributed by atoms with Gasteiger partial charge in [-0.3, -0.25) is 19.4 Å². The summed E-state index contributed by atoms with van der Waals surface area (Å²) in [7, 11) is 3.15. The summed E-state index contributed by atoms with van der Waals surface area (Å²) in [6.07, 6.45) is -0.807. The van der Waals surface area contributed by atoms with Gasteiger partial charge in [0.25, 0.3) is 0 Å². The van der Waals surface area contributed by atoms with Crippen LogP contribution in [0.3, 0.4) is 0 Å². The van der Waals surface area contributed by atoms with E-state index in [0.29, 0.717) is 17.5 Å². The van der Waals surface area contributed by atoms with Crippen molar-refractivity contribution in [2.75, 3.05) is 26.1 Å². The van der Waals surface area contributed by atoms with E-state index in [0.717, 1.165) is 11.8 Å². The zero-order valence-electron chi connectivity index (χ0n) is 11.7. The van der Waals surface area contributed by atoms with E-state index >= 15 is 0 Å². The smallest absolute Gasteiger partial charge is 0.339 e. The van der Waals surface area contributed by atoms with Crippen LogP contribution in [0.5, 0.6) is 0 Å². The summed E-state index contributed by atoms with van der Waals surface area (Å²) < 4.78 is 11.6. The van der Waals surface area contributed by atoms with Crippen molar-refractivity contribution >= 4 is 11.8 Å². The van der Waals surface area contributed by atoms with Crippen LogP contribution in [0.2, 0.25) is 0 Å². The van der Waals surface area contributed by atoms with Crippen LogP contribution in [-0.4, -0.2) is 58.2 Å². The molecular weight excluding hydrogens is 286 g/mol. The molecule has 8 nitrogen and oxygen atoms in total. The maximum absolute atomic E-state index is 11.1. The summed E-state index contributed by atoms with van der Waals surface area (Å²) in [5.74, 6) is 0.298. The number of rotatable bonds is 8. The van der Waals surface area contributed by atoms with E-state index in [-0.39, 0.29) is 12.7 Å². The van der Waals surface area contributed by atoms with Crippen molar-refractivity contribution in [3.63, 3.8) is 0 Å². The Bertz CT molecular complexity index is 530. The lowest BCUT2D eigenvalue weighted by Gasteiger charge is -2.15. The van der Waals surface area contributed by atoms with Gasteiger partial charge in [-0.2, -0.15) is 4.98 Å². The minimum atomic E-state index is -0.843. The first-order valence-electron chi connectivity index (χ1n) is 6.02. The number of ether oxygens (including phenoxy) is 2. The first-order valence-corrected chi connectivity index (χ1v) is 7.01. The zero-order chi connectivity index (χ0) is 15.1. The molecule has 1 aromatic heterocycles. The van der Waals surface area contributed by atoms with E-state index in [4.69, 9.17) is 9.47 Å². The summed E-state index contributed by atoms with van der Waals surface area (Å²) >= 11 is 1.16. The lowest BCUT2D eigenvalue weighted by Crippen LogP contribution is -2.34. The Morgan fingerprint density at radius 1 is 1.45 bits per heavy atom. The summed E-state index contributed by atoms with van der Waals surface area (Å²) in [6.45, 7) is 2.46. The third-order valence-corrected chi connectivity index (χ3v) is 3.50. The van der Waals surface area contributed by atoms with E-state index in [1.165, 1.54) is 4.68 Å². The summed E-state index contributed by atoms with van der Waals surface area (Å²) in [5, 5.41) is 12.4. The second-order valence-electron chi connectivity index (χ2n) is 4.26. The standard InChI is InChI=1S/C11H19N3O5S/c1-7(4-18-3)19-5-8(15)6-20-11-12-9(16)10(17)13-14(11)2/h7-8,15H,4-6H2,1-3H3,(H,13,17). The highest BCUT2D eigenvalue weighted by Gasteiger charge is 2.11. The van der Waals surface area contributed by atoms with Crippen molar-refractivity contribution in [3.8, 4) is 0 Å². The molecule has 1 heterocycles. The average Bonchev–Trinajstić information content (AvgIpc) is 2.39. The maximum Gasteiger partial charge on any atom is 0.339 e. The molecule has 2 N–H and O–H groups in total. The summed E-state index contributed by atoms with van der Waals surface area (Å²) in [6, 6.07) is 0. The molecule has 0 aliphatic heterocycles. The third kappa shape index (κ3) is 5.45. The monoisotopic (exact) mass is 305 g/mol. The highest BCUT2D eigenvalue weighted by Crippen LogP contribution is 2.13. The molecule has 0 fully saturated rings. The second kappa shape index (κ2) is 8.20. The molecule has 0 spiro atoms. The molecule has 0 aromatic carbocycles. The molecule has 0 aliphatic carbocycles. The molecular formula is C11H19N3O5S. The highest BCUT2D eigenvalue weighted by molar-refractivity contribution is 7.99. The predicted molar refractivity (Wildman–Crippen MR) is 74.1 cm³/mol. The number of methoxy groups -OCH3 is 1. The molecule has 0 bridgehead atoms. The number of hydrogen-bond acceptors (Lipinski definition) is 7. The van der Waals surface area contributed by atoms with Gasteiger partial charge in [-0.25, -0.2) is 0 Å². The van der Waals surface area contributed by atoms with Crippen molar-refractivity contribution in [1.82, 2.24) is 14.8 Å². The number of aromatic amines is 1. The minimum absolute atomic E-state index is 0.102. The van der Waals surface area contributed by atoms with Crippen LogP contribution in [0.25, 0.3) is 0 Å². The van der Waals surface area contributed by atoms with Crippen molar-refractivity contribution in [2.45, 2.75) is 24.3 Å². The Hall–Kier alpha value is -1.16. The van der Waals surface area contributed by atoms with Crippen molar-refractivity contribution in [2.24, 2.45) is 7.05 Å². The maximum atomic E-state index is 11.1. The van der Waals surface area contributed by atoms with Crippen LogP contribution in [0, 0.1) is 0 Å². The van der Waals surface area contributed by atoms with Crippen molar-refractivity contribution in [1.29, 1.82) is 0 Å². The lowest BCUT2D eigenvalue weighted by atomic mass is 10.4. The van der Waals surface area contributed by atoms with Crippen LogP contribution in [-0.2, 0) is 16.5 Å². The van der Waals surface area contributed by atoms with E-state index in [1.54, 1.807) is 14.2 Å². The fourth-order valence-electron chi connectivity index (χ4n) is 1.37. The van der Waals surface area contributed by atoms with Crippen molar-refractivity contribution < 1.29 is 14.6 Å². The SMILES string of the molecule is COCC(C)OCC(O)CSc1nc(=O)c(=O)[nH]n1C. The first kappa shape index (κ1) is 16.9. The van der Waals surface area contributed by atoms with E-state index in [2.05, 4.69) is 10.1 Å². The number of aromatic nitrogens is 3. The van der Waals surface area contributed by atoms with E-state index in [1.807, 2.05) is 6.92 Å². The Kier molecular flexibility index (Phi) is 6.93. The number of nitrogens with zero attached hydrogens (tertiary/aromatic N) is 2. The normalized spacial score (nSPS) is 14.2. The number of thioether (sulfide) groups is 1. The van der Waals surface area contributed by atoms with Gasteiger partial charge in [-0.1, -0.05) is 11.8 Å². The Morgan fingerprint density at radius 2 is 2.15 bits per heavy atom. The molecule has 0 amide bonds. The first-order chi connectivity index (χ1) is 9.43. The summed E-state index contributed by atoms with van der Waals surface area (Å²) in [4.78, 5) is 25.8. The van der Waals surface area contributed by atoms with Gasteiger partial charge in [-0.15, -0.1) is 0 Å². The molecule has 114 valence electrons. The van der Waals surface area contributed by atoms with Gasteiger partial charge in [-0.05, 0) is 6.92 Å². The number of aliphatic hydroxyl groups excluding tert-OH is 1. The highest BCUT2D eigenvalue weighted by atomic mass is 32.2. The number of H-pyrrole nitrogens is 1. The fraction of sp³-hybridized carbons (Fsp3) is 0.727. The van der Waals surface area contributed by atoms with Gasteiger partial charge in [0, 0.05) is 19.9 Å². The Balaban J connectivity index is 2.45. The Morgan fingerprint density at radius 3 is 2.80 bits per heavy atom. The van der Waals surface area contributed by atoms with Crippen molar-refractivity contribution in [3.05, 3.63) is 20.7 Å². The number of hydrogen-bond donors (Lipinski definition) is 2. The van der Waals surface area contributed by atoms with Crippen LogP contribution < -0.4 is 11.1 Å². The molecule has 20 heavy (non-hydrogen) atoms. The molecule has 2 unspecified atom stereocenters. The van der Waals surface area contributed by atoms with Gasteiger partial charge >= 0.3 is 11.1 Å². The molecule has 2 atom stereocenters.